The highest BCUT2D eigenvalue weighted by Gasteiger charge is 2.17. The van der Waals surface area contributed by atoms with E-state index in [1.165, 1.54) is 10.5 Å². The quantitative estimate of drug-likeness (QED) is 0.500. The lowest BCUT2D eigenvalue weighted by Crippen LogP contribution is -2.28. The Morgan fingerprint density at radius 3 is 2.29 bits per heavy atom. The maximum Gasteiger partial charge on any atom is 0.254 e. The molecule has 2 aromatic carbocycles. The summed E-state index contributed by atoms with van der Waals surface area (Å²) in [5.74, 6) is -0.112. The van der Waals surface area contributed by atoms with Crippen LogP contribution in [0.4, 0.5) is 5.69 Å². The highest BCUT2D eigenvalue weighted by molar-refractivity contribution is 6.34. The van der Waals surface area contributed by atoms with Gasteiger partial charge in [-0.2, -0.15) is 0 Å². The summed E-state index contributed by atoms with van der Waals surface area (Å²) in [7, 11) is 3.43. The summed E-state index contributed by atoms with van der Waals surface area (Å²) in [6.45, 7) is 1.45. The van der Waals surface area contributed by atoms with Crippen molar-refractivity contribution in [1.82, 2.24) is 9.88 Å². The van der Waals surface area contributed by atoms with Crippen LogP contribution in [0, 0.1) is 0 Å². The zero-order chi connectivity index (χ0) is 25.4. The van der Waals surface area contributed by atoms with Gasteiger partial charge in [0, 0.05) is 45.1 Å². The van der Waals surface area contributed by atoms with Crippen molar-refractivity contribution in [2.24, 2.45) is 0 Å². The van der Waals surface area contributed by atoms with Crippen LogP contribution < -0.4 is 4.90 Å². The summed E-state index contributed by atoms with van der Waals surface area (Å²) < 4.78 is 0. The number of pyridine rings is 1. The first-order valence-electron chi connectivity index (χ1n) is 11.2. The number of hydrogen-bond donors (Lipinski definition) is 2. The molecule has 0 spiro atoms. The normalized spacial score (nSPS) is 13.0. The predicted octanol–water partition coefficient (Wildman–Crippen LogP) is 5.02. The van der Waals surface area contributed by atoms with Crippen molar-refractivity contribution in [3.63, 3.8) is 0 Å². The number of para-hydroxylation sites is 1. The van der Waals surface area contributed by atoms with Gasteiger partial charge in [0.05, 0.1) is 34.5 Å². The summed E-state index contributed by atoms with van der Waals surface area (Å²) in [6, 6.07) is 15.6. The lowest BCUT2D eigenvalue weighted by molar-refractivity contribution is 0.0828. The van der Waals surface area contributed by atoms with Crippen molar-refractivity contribution in [3.8, 4) is 11.1 Å². The summed E-state index contributed by atoms with van der Waals surface area (Å²) in [6.07, 6.45) is 6.86. The van der Waals surface area contributed by atoms with Crippen molar-refractivity contribution in [2.75, 3.05) is 45.3 Å². The topological polar surface area (TPSA) is 76.9 Å². The maximum absolute atomic E-state index is 12.2. The van der Waals surface area contributed by atoms with Crippen LogP contribution in [0.2, 0.25) is 10.0 Å². The molecule has 184 valence electrons. The molecule has 1 aliphatic rings. The Morgan fingerprint density at radius 2 is 1.69 bits per heavy atom. The summed E-state index contributed by atoms with van der Waals surface area (Å²) in [4.78, 5) is 20.5. The molecule has 0 radical (unpaired) electrons. The van der Waals surface area contributed by atoms with Gasteiger partial charge in [0.15, 0.2) is 0 Å². The molecule has 0 fully saturated rings. The molecule has 0 unspecified atom stereocenters. The van der Waals surface area contributed by atoms with Crippen molar-refractivity contribution in [1.29, 1.82) is 0 Å². The van der Waals surface area contributed by atoms with E-state index >= 15 is 0 Å². The van der Waals surface area contributed by atoms with E-state index in [4.69, 9.17) is 33.4 Å². The molecule has 8 heteroatoms. The fraction of sp³-hybridized carbons (Fsp3) is 0.259. The van der Waals surface area contributed by atoms with E-state index in [1.54, 1.807) is 20.2 Å². The Balaban J connectivity index is 0.000000795. The van der Waals surface area contributed by atoms with Gasteiger partial charge in [0.25, 0.3) is 5.91 Å². The monoisotopic (exact) mass is 513 g/mol. The van der Waals surface area contributed by atoms with E-state index in [2.05, 4.69) is 28.1 Å². The number of aromatic nitrogens is 1. The first kappa shape index (κ1) is 26.7. The Labute approximate surface area is 216 Å². The number of carbonyl (C=O) groups excluding carboxylic acids is 1. The Bertz CT molecular complexity index is 1200. The third-order valence-corrected chi connectivity index (χ3v) is 6.18. The van der Waals surface area contributed by atoms with Gasteiger partial charge >= 0.3 is 0 Å². The summed E-state index contributed by atoms with van der Waals surface area (Å²) in [5, 5.41) is 16.5. The number of carbonyl (C=O) groups is 1. The standard InChI is InChI=1S/C25H23Cl2N3O.C2H6O2/c1-29(2)25(31)21-8-7-18(14-23(21)27)20-13-19(15-28-16-20)17-9-11-30(12-10-17)24-6-4-3-5-22(24)26;3-1-2-4/h3-9,13-16H,10-12H2,1-2H3;3-4H,1-2H2. The molecule has 1 aromatic heterocycles. The van der Waals surface area contributed by atoms with Gasteiger partial charge < -0.3 is 20.0 Å². The van der Waals surface area contributed by atoms with Gasteiger partial charge in [-0.1, -0.05) is 47.5 Å². The van der Waals surface area contributed by atoms with E-state index in [0.717, 1.165) is 46.9 Å². The minimum absolute atomic E-state index is 0.112. The van der Waals surface area contributed by atoms with E-state index in [9.17, 15) is 4.79 Å². The molecular formula is C27H29Cl2N3O3. The third kappa shape index (κ3) is 6.83. The van der Waals surface area contributed by atoms with Crippen LogP contribution in [-0.2, 0) is 0 Å². The molecule has 0 saturated heterocycles. The molecule has 4 rings (SSSR count). The predicted molar refractivity (Wildman–Crippen MR) is 143 cm³/mol. The fourth-order valence-corrected chi connectivity index (χ4v) is 4.26. The van der Waals surface area contributed by atoms with Crippen LogP contribution in [0.5, 0.6) is 0 Å². The largest absolute Gasteiger partial charge is 0.394 e. The third-order valence-electron chi connectivity index (χ3n) is 5.55. The molecule has 0 aliphatic carbocycles. The van der Waals surface area contributed by atoms with Crippen LogP contribution in [0.25, 0.3) is 16.7 Å². The van der Waals surface area contributed by atoms with Crippen LogP contribution in [-0.4, -0.2) is 66.4 Å². The number of anilines is 1. The van der Waals surface area contributed by atoms with Gasteiger partial charge in [-0.3, -0.25) is 9.78 Å². The molecule has 0 bridgehead atoms. The number of amides is 1. The van der Waals surface area contributed by atoms with Gasteiger partial charge in [-0.25, -0.2) is 0 Å². The minimum atomic E-state index is -0.125. The lowest BCUT2D eigenvalue weighted by Gasteiger charge is -2.29. The Hall–Kier alpha value is -2.90. The number of aliphatic hydroxyl groups is 2. The molecule has 3 aromatic rings. The van der Waals surface area contributed by atoms with Crippen LogP contribution >= 0.6 is 23.2 Å². The zero-order valence-electron chi connectivity index (χ0n) is 19.8. The fourth-order valence-electron chi connectivity index (χ4n) is 3.74. The van der Waals surface area contributed by atoms with Crippen molar-refractivity contribution < 1.29 is 15.0 Å². The van der Waals surface area contributed by atoms with E-state index in [0.29, 0.717) is 10.6 Å². The number of halogens is 2. The Morgan fingerprint density at radius 1 is 0.971 bits per heavy atom. The maximum atomic E-state index is 12.2. The van der Waals surface area contributed by atoms with Gasteiger partial charge in [-0.15, -0.1) is 0 Å². The first-order valence-corrected chi connectivity index (χ1v) is 12.0. The average Bonchev–Trinajstić information content (AvgIpc) is 2.89. The zero-order valence-corrected chi connectivity index (χ0v) is 21.3. The lowest BCUT2D eigenvalue weighted by atomic mass is 9.97. The van der Waals surface area contributed by atoms with Gasteiger partial charge in [-0.05, 0) is 53.5 Å². The second kappa shape index (κ2) is 12.7. The average molecular weight is 514 g/mol. The molecule has 0 saturated carbocycles. The second-order valence-electron chi connectivity index (χ2n) is 8.18. The molecule has 1 aliphatic heterocycles. The summed E-state index contributed by atoms with van der Waals surface area (Å²) in [5.41, 5.74) is 5.83. The van der Waals surface area contributed by atoms with E-state index < -0.39 is 0 Å². The van der Waals surface area contributed by atoms with Crippen molar-refractivity contribution in [2.45, 2.75) is 6.42 Å². The van der Waals surface area contributed by atoms with E-state index in [-0.39, 0.29) is 19.1 Å². The number of nitrogens with zero attached hydrogens (tertiary/aromatic N) is 3. The molecule has 1 amide bonds. The number of benzene rings is 2. The molecule has 0 atom stereocenters. The molecule has 35 heavy (non-hydrogen) atoms. The SMILES string of the molecule is CN(C)C(=O)c1ccc(-c2cncc(C3=CCN(c4ccccc4Cl)CC3)c2)cc1Cl.OCCO. The van der Waals surface area contributed by atoms with Crippen molar-refractivity contribution >= 4 is 40.4 Å². The highest BCUT2D eigenvalue weighted by Crippen LogP contribution is 2.32. The molecular weight excluding hydrogens is 485 g/mol. The molecule has 6 nitrogen and oxygen atoms in total. The number of aliphatic hydroxyl groups excluding tert-OH is 2. The van der Waals surface area contributed by atoms with Crippen LogP contribution in [0.15, 0.2) is 67.0 Å². The minimum Gasteiger partial charge on any atom is -0.394 e. The highest BCUT2D eigenvalue weighted by atomic mass is 35.5. The second-order valence-corrected chi connectivity index (χ2v) is 8.99. The number of hydrogen-bond acceptors (Lipinski definition) is 5. The van der Waals surface area contributed by atoms with Gasteiger partial charge in [0.1, 0.15) is 0 Å². The van der Waals surface area contributed by atoms with Crippen LogP contribution in [0.3, 0.4) is 0 Å². The van der Waals surface area contributed by atoms with Gasteiger partial charge in [0.2, 0.25) is 0 Å². The number of rotatable bonds is 5. The van der Waals surface area contributed by atoms with Crippen molar-refractivity contribution in [3.05, 3.63) is 88.2 Å². The van der Waals surface area contributed by atoms with E-state index in [1.807, 2.05) is 42.7 Å². The van der Waals surface area contributed by atoms with Crippen LogP contribution in [0.1, 0.15) is 22.3 Å². The molecule has 2 heterocycles. The first-order chi connectivity index (χ1) is 16.8. The summed E-state index contributed by atoms with van der Waals surface area (Å²) >= 11 is 12.8. The smallest absolute Gasteiger partial charge is 0.254 e. The Kier molecular flexibility index (Phi) is 9.69. The molecule has 2 N–H and O–H groups in total.